The minimum Gasteiger partial charge on any atom is -0.457 e. The number of carbonyl (C=O) groups is 1. The van der Waals surface area contributed by atoms with Crippen molar-refractivity contribution >= 4 is 17.9 Å². The predicted octanol–water partition coefficient (Wildman–Crippen LogP) is 6.61. The second kappa shape index (κ2) is 7.82. The van der Waals surface area contributed by atoms with E-state index < -0.39 is 17.7 Å². The van der Waals surface area contributed by atoms with E-state index in [1.165, 1.54) is 24.3 Å². The van der Waals surface area contributed by atoms with Crippen molar-refractivity contribution in [3.05, 3.63) is 88.8 Å². The average molecular weight is 439 g/mol. The lowest BCUT2D eigenvalue weighted by Crippen LogP contribution is -2.11. The number of hydrogen-bond acceptors (Lipinski definition) is 4. The molecule has 164 valence electrons. The van der Waals surface area contributed by atoms with Crippen LogP contribution in [0.2, 0.25) is 0 Å². The highest BCUT2D eigenvalue weighted by Crippen LogP contribution is 2.33. The molecular formula is C25H20F3NO3. The van der Waals surface area contributed by atoms with Gasteiger partial charge in [-0.15, -0.1) is 0 Å². The molecule has 0 N–H and O–H groups in total. The van der Waals surface area contributed by atoms with Crippen LogP contribution < -0.4 is 0 Å². The molecule has 0 aliphatic carbocycles. The molecule has 1 aliphatic rings. The minimum atomic E-state index is -4.45. The molecule has 2 aromatic carbocycles. The first kappa shape index (κ1) is 21.6. The summed E-state index contributed by atoms with van der Waals surface area (Å²) < 4.78 is 49.8. The fourth-order valence-electron chi connectivity index (χ4n) is 3.21. The summed E-state index contributed by atoms with van der Waals surface area (Å²) in [5.41, 5.74) is 1.36. The summed E-state index contributed by atoms with van der Waals surface area (Å²) in [4.78, 5) is 16.5. The molecule has 4 nitrogen and oxygen atoms in total. The number of halogens is 3. The number of hydrogen-bond donors (Lipinski definition) is 0. The monoisotopic (exact) mass is 439 g/mol. The third kappa shape index (κ3) is 4.51. The van der Waals surface area contributed by atoms with Crippen molar-refractivity contribution in [1.82, 2.24) is 0 Å². The van der Waals surface area contributed by atoms with Crippen LogP contribution in [0.1, 0.15) is 43.2 Å². The Hall–Kier alpha value is -3.61. The third-order valence-corrected chi connectivity index (χ3v) is 5.00. The number of carbonyl (C=O) groups excluding carboxylic acids is 1. The van der Waals surface area contributed by atoms with E-state index in [0.29, 0.717) is 5.56 Å². The van der Waals surface area contributed by atoms with E-state index in [0.717, 1.165) is 17.7 Å². The number of nitrogens with zero attached hydrogens (tertiary/aromatic N) is 1. The van der Waals surface area contributed by atoms with E-state index in [1.807, 2.05) is 24.3 Å². The van der Waals surface area contributed by atoms with Gasteiger partial charge in [-0.05, 0) is 47.4 Å². The van der Waals surface area contributed by atoms with Crippen LogP contribution in [0.25, 0.3) is 17.4 Å². The largest absolute Gasteiger partial charge is 0.457 e. The second-order valence-corrected chi connectivity index (χ2v) is 8.44. The SMILES string of the molecule is CC(C)(C)c1ccc(C2=N/C(=C/c3ccc(-c4cccc(C(F)(F)F)c4)o3)C(=O)O2)cc1. The molecule has 4 rings (SSSR count). The Morgan fingerprint density at radius 3 is 2.25 bits per heavy atom. The van der Waals surface area contributed by atoms with Gasteiger partial charge in [-0.2, -0.15) is 13.2 Å². The molecule has 0 amide bonds. The highest BCUT2D eigenvalue weighted by molar-refractivity contribution is 6.12. The molecule has 0 atom stereocenters. The Balaban J connectivity index is 1.58. The van der Waals surface area contributed by atoms with Crippen LogP contribution in [0.15, 0.2) is 75.8 Å². The number of furan rings is 1. The maximum Gasteiger partial charge on any atom is 0.416 e. The van der Waals surface area contributed by atoms with Gasteiger partial charge in [0.25, 0.3) is 0 Å². The summed E-state index contributed by atoms with van der Waals surface area (Å²) in [5.74, 6) is 0.0806. The zero-order valence-electron chi connectivity index (χ0n) is 17.7. The molecule has 1 aliphatic heterocycles. The smallest absolute Gasteiger partial charge is 0.416 e. The topological polar surface area (TPSA) is 51.8 Å². The standard InChI is InChI=1S/C25H20F3NO3/c1-24(2,3)17-9-7-15(8-10-17)22-29-20(23(30)32-22)14-19-11-12-21(31-19)16-5-4-6-18(13-16)25(26,27)28/h4-14H,1-3H3/b20-14+. The van der Waals surface area contributed by atoms with Crippen LogP contribution >= 0.6 is 0 Å². The van der Waals surface area contributed by atoms with Gasteiger partial charge in [0.15, 0.2) is 5.70 Å². The Labute approximate surface area is 183 Å². The lowest BCUT2D eigenvalue weighted by atomic mass is 9.87. The summed E-state index contributed by atoms with van der Waals surface area (Å²) in [7, 11) is 0. The molecule has 0 fully saturated rings. The van der Waals surface area contributed by atoms with E-state index in [9.17, 15) is 18.0 Å². The van der Waals surface area contributed by atoms with Crippen molar-refractivity contribution in [1.29, 1.82) is 0 Å². The van der Waals surface area contributed by atoms with Crippen molar-refractivity contribution in [3.8, 4) is 11.3 Å². The highest BCUT2D eigenvalue weighted by Gasteiger charge is 2.30. The first-order valence-electron chi connectivity index (χ1n) is 9.92. The third-order valence-electron chi connectivity index (χ3n) is 5.00. The van der Waals surface area contributed by atoms with Crippen molar-refractivity contribution in [2.45, 2.75) is 32.4 Å². The van der Waals surface area contributed by atoms with E-state index in [-0.39, 0.29) is 34.1 Å². The van der Waals surface area contributed by atoms with Crippen LogP contribution in [-0.2, 0) is 21.1 Å². The lowest BCUT2D eigenvalue weighted by Gasteiger charge is -2.18. The molecule has 32 heavy (non-hydrogen) atoms. The van der Waals surface area contributed by atoms with E-state index in [2.05, 4.69) is 25.8 Å². The molecule has 0 spiro atoms. The van der Waals surface area contributed by atoms with Crippen LogP contribution in [-0.4, -0.2) is 11.9 Å². The molecule has 2 heterocycles. The van der Waals surface area contributed by atoms with E-state index >= 15 is 0 Å². The molecule has 7 heteroatoms. The summed E-state index contributed by atoms with van der Waals surface area (Å²) in [6.07, 6.45) is -3.05. The zero-order valence-corrected chi connectivity index (χ0v) is 17.7. The number of alkyl halides is 3. The van der Waals surface area contributed by atoms with Crippen LogP contribution in [0.5, 0.6) is 0 Å². The predicted molar refractivity (Wildman–Crippen MR) is 115 cm³/mol. The number of rotatable bonds is 3. The van der Waals surface area contributed by atoms with Crippen LogP contribution in [0, 0.1) is 0 Å². The van der Waals surface area contributed by atoms with Crippen molar-refractivity contribution in [3.63, 3.8) is 0 Å². The Morgan fingerprint density at radius 2 is 1.59 bits per heavy atom. The van der Waals surface area contributed by atoms with Gasteiger partial charge >= 0.3 is 12.1 Å². The summed E-state index contributed by atoms with van der Waals surface area (Å²) in [6.45, 7) is 6.31. The number of cyclic esters (lactones) is 1. The number of benzene rings is 2. The van der Waals surface area contributed by atoms with Gasteiger partial charge < -0.3 is 9.15 Å². The van der Waals surface area contributed by atoms with Gasteiger partial charge in [-0.1, -0.05) is 45.0 Å². The van der Waals surface area contributed by atoms with Gasteiger partial charge in [-0.3, -0.25) is 0 Å². The van der Waals surface area contributed by atoms with Crippen LogP contribution in [0.4, 0.5) is 13.2 Å². The molecule has 0 radical (unpaired) electrons. The Bertz CT molecular complexity index is 1230. The van der Waals surface area contributed by atoms with Gasteiger partial charge in [0, 0.05) is 17.2 Å². The number of esters is 1. The van der Waals surface area contributed by atoms with Crippen LogP contribution in [0.3, 0.4) is 0 Å². The summed E-state index contributed by atoms with van der Waals surface area (Å²) in [5, 5.41) is 0. The number of aliphatic imine (C=N–C) groups is 1. The quantitative estimate of drug-likeness (QED) is 0.341. The molecule has 0 saturated heterocycles. The second-order valence-electron chi connectivity index (χ2n) is 8.44. The molecule has 0 unspecified atom stereocenters. The number of ether oxygens (including phenoxy) is 1. The normalized spacial score (nSPS) is 15.8. The first-order chi connectivity index (χ1) is 15.0. The molecule has 0 saturated carbocycles. The average Bonchev–Trinajstić information content (AvgIpc) is 3.34. The van der Waals surface area contributed by atoms with E-state index in [1.54, 1.807) is 6.07 Å². The highest BCUT2D eigenvalue weighted by atomic mass is 19.4. The van der Waals surface area contributed by atoms with E-state index in [4.69, 9.17) is 9.15 Å². The first-order valence-corrected chi connectivity index (χ1v) is 9.92. The molecular weight excluding hydrogens is 419 g/mol. The maximum atomic E-state index is 13.0. The van der Waals surface area contributed by atoms with Crippen molar-refractivity contribution < 1.29 is 27.1 Å². The minimum absolute atomic E-state index is 0.00559. The van der Waals surface area contributed by atoms with Gasteiger partial charge in [0.05, 0.1) is 5.56 Å². The summed E-state index contributed by atoms with van der Waals surface area (Å²) in [6, 6.07) is 15.5. The van der Waals surface area contributed by atoms with Crippen molar-refractivity contribution in [2.24, 2.45) is 4.99 Å². The molecule has 3 aromatic rings. The maximum absolute atomic E-state index is 13.0. The zero-order chi connectivity index (χ0) is 23.1. The lowest BCUT2D eigenvalue weighted by molar-refractivity contribution is -0.137. The fraction of sp³-hybridized carbons (Fsp3) is 0.200. The summed E-state index contributed by atoms with van der Waals surface area (Å²) >= 11 is 0. The van der Waals surface area contributed by atoms with Crippen molar-refractivity contribution in [2.75, 3.05) is 0 Å². The van der Waals surface area contributed by atoms with Gasteiger partial charge in [0.2, 0.25) is 5.90 Å². The molecule has 1 aromatic heterocycles. The fourth-order valence-corrected chi connectivity index (χ4v) is 3.21. The van der Waals surface area contributed by atoms with Gasteiger partial charge in [-0.25, -0.2) is 9.79 Å². The van der Waals surface area contributed by atoms with Gasteiger partial charge in [0.1, 0.15) is 11.5 Å². The molecule has 0 bridgehead atoms. The Morgan fingerprint density at radius 1 is 0.875 bits per heavy atom. The Kier molecular flexibility index (Phi) is 5.28.